The number of nitrogens with one attached hydrogen (secondary N) is 1. The van der Waals surface area contributed by atoms with Crippen molar-refractivity contribution >= 4 is 17.2 Å². The summed E-state index contributed by atoms with van der Waals surface area (Å²) >= 11 is 1.27. The Labute approximate surface area is 127 Å². The quantitative estimate of drug-likeness (QED) is 0.859. The van der Waals surface area contributed by atoms with E-state index in [-0.39, 0.29) is 24.4 Å². The third-order valence-electron chi connectivity index (χ3n) is 3.14. The highest BCUT2D eigenvalue weighted by molar-refractivity contribution is 7.17. The molecule has 0 aliphatic rings. The number of amides is 1. The van der Waals surface area contributed by atoms with Gasteiger partial charge in [0.1, 0.15) is 5.82 Å². The Morgan fingerprint density at radius 3 is 2.81 bits per heavy atom. The van der Waals surface area contributed by atoms with E-state index in [0.717, 1.165) is 11.3 Å². The van der Waals surface area contributed by atoms with Gasteiger partial charge in [0.15, 0.2) is 0 Å². The van der Waals surface area contributed by atoms with E-state index in [2.05, 4.69) is 5.32 Å². The molecule has 0 saturated carbocycles. The van der Waals surface area contributed by atoms with Gasteiger partial charge in [-0.3, -0.25) is 4.79 Å². The number of hydrogen-bond acceptors (Lipinski definition) is 3. The van der Waals surface area contributed by atoms with E-state index in [0.29, 0.717) is 16.9 Å². The van der Waals surface area contributed by atoms with Crippen molar-refractivity contribution in [3.8, 4) is 10.4 Å². The highest BCUT2D eigenvalue weighted by Gasteiger charge is 2.14. The number of carbonyl (C=O) groups is 1. The topological polar surface area (TPSA) is 49.3 Å². The van der Waals surface area contributed by atoms with Gasteiger partial charge in [-0.25, -0.2) is 4.39 Å². The summed E-state index contributed by atoms with van der Waals surface area (Å²) in [5.74, 6) is -0.448. The lowest BCUT2D eigenvalue weighted by molar-refractivity contribution is 0.0940. The van der Waals surface area contributed by atoms with Crippen molar-refractivity contribution < 1.29 is 14.3 Å². The van der Waals surface area contributed by atoms with Crippen molar-refractivity contribution in [2.75, 3.05) is 6.61 Å². The zero-order chi connectivity index (χ0) is 15.2. The molecule has 0 aliphatic carbocycles. The summed E-state index contributed by atoms with van der Waals surface area (Å²) in [5.41, 5.74) is 0.509. The number of carbonyl (C=O) groups excluding carboxylic acids is 1. The normalized spacial score (nSPS) is 12.1. The molecule has 0 saturated heterocycles. The van der Waals surface area contributed by atoms with Crippen LogP contribution in [0.15, 0.2) is 36.4 Å². The van der Waals surface area contributed by atoms with E-state index in [4.69, 9.17) is 5.11 Å². The van der Waals surface area contributed by atoms with Crippen molar-refractivity contribution in [2.24, 2.45) is 0 Å². The van der Waals surface area contributed by atoms with Gasteiger partial charge >= 0.3 is 0 Å². The standard InChI is InChI=1S/C16H18FNO2S/c1-11(5-4-10-19)18-16(20)15-9-8-14(21-15)12-6-2-3-7-13(12)17/h2-3,6-9,11,19H,4-5,10H2,1H3,(H,18,20). The summed E-state index contributed by atoms with van der Waals surface area (Å²) < 4.78 is 13.7. The first-order valence-corrected chi connectivity index (χ1v) is 7.70. The zero-order valence-corrected chi connectivity index (χ0v) is 12.6. The maximum absolute atomic E-state index is 13.7. The van der Waals surface area contributed by atoms with Crippen LogP contribution in [0.4, 0.5) is 4.39 Å². The molecule has 0 spiro atoms. The van der Waals surface area contributed by atoms with Gasteiger partial charge in [-0.2, -0.15) is 0 Å². The molecule has 2 aromatic rings. The second-order valence-corrected chi connectivity index (χ2v) is 5.97. The number of halogens is 1. The first-order chi connectivity index (χ1) is 10.1. The molecule has 2 rings (SSSR count). The van der Waals surface area contributed by atoms with Crippen LogP contribution in [0.5, 0.6) is 0 Å². The highest BCUT2D eigenvalue weighted by atomic mass is 32.1. The van der Waals surface area contributed by atoms with E-state index in [1.54, 1.807) is 30.3 Å². The van der Waals surface area contributed by atoms with Crippen LogP contribution in [-0.2, 0) is 0 Å². The van der Waals surface area contributed by atoms with Gasteiger partial charge in [-0.1, -0.05) is 18.2 Å². The maximum atomic E-state index is 13.7. The monoisotopic (exact) mass is 307 g/mol. The van der Waals surface area contributed by atoms with Crippen LogP contribution < -0.4 is 5.32 Å². The van der Waals surface area contributed by atoms with Gasteiger partial charge in [0.25, 0.3) is 5.91 Å². The molecule has 1 heterocycles. The number of thiophene rings is 1. The van der Waals surface area contributed by atoms with Gasteiger partial charge in [0, 0.05) is 23.1 Å². The molecule has 0 aliphatic heterocycles. The molecule has 0 radical (unpaired) electrons. The third-order valence-corrected chi connectivity index (χ3v) is 4.26. The maximum Gasteiger partial charge on any atom is 0.261 e. The van der Waals surface area contributed by atoms with Crippen LogP contribution in [0.1, 0.15) is 29.4 Å². The molecular weight excluding hydrogens is 289 g/mol. The van der Waals surface area contributed by atoms with Gasteiger partial charge in [-0.15, -0.1) is 11.3 Å². The Morgan fingerprint density at radius 2 is 2.10 bits per heavy atom. The smallest absolute Gasteiger partial charge is 0.261 e. The minimum Gasteiger partial charge on any atom is -0.396 e. The summed E-state index contributed by atoms with van der Waals surface area (Å²) in [6.07, 6.45) is 1.39. The SMILES string of the molecule is CC(CCCO)NC(=O)c1ccc(-c2ccccc2F)s1. The molecular formula is C16H18FNO2S. The predicted molar refractivity (Wildman–Crippen MR) is 83.0 cm³/mol. The summed E-state index contributed by atoms with van der Waals surface area (Å²) in [6, 6.07) is 10.00. The number of aliphatic hydroxyl groups excluding tert-OH is 1. The third kappa shape index (κ3) is 4.12. The molecule has 1 atom stereocenters. The molecule has 0 bridgehead atoms. The number of rotatable bonds is 6. The average Bonchev–Trinajstić information content (AvgIpc) is 2.95. The van der Waals surface area contributed by atoms with Crippen LogP contribution in [0, 0.1) is 5.82 Å². The van der Waals surface area contributed by atoms with E-state index >= 15 is 0 Å². The number of hydrogen-bond donors (Lipinski definition) is 2. The van der Waals surface area contributed by atoms with Crippen LogP contribution in [-0.4, -0.2) is 23.7 Å². The van der Waals surface area contributed by atoms with Gasteiger partial charge in [-0.05, 0) is 38.0 Å². The highest BCUT2D eigenvalue weighted by Crippen LogP contribution is 2.29. The van der Waals surface area contributed by atoms with Crippen LogP contribution in [0.3, 0.4) is 0 Å². The van der Waals surface area contributed by atoms with Gasteiger partial charge in [0.2, 0.25) is 0 Å². The van der Waals surface area contributed by atoms with Crippen LogP contribution in [0.2, 0.25) is 0 Å². The fourth-order valence-corrected chi connectivity index (χ4v) is 2.97. The Kier molecular flexibility index (Phi) is 5.47. The largest absolute Gasteiger partial charge is 0.396 e. The molecule has 5 heteroatoms. The molecule has 3 nitrogen and oxygen atoms in total. The summed E-state index contributed by atoms with van der Waals surface area (Å²) in [7, 11) is 0. The number of benzene rings is 1. The first kappa shape index (κ1) is 15.7. The predicted octanol–water partition coefficient (Wildman–Crippen LogP) is 3.45. The second-order valence-electron chi connectivity index (χ2n) is 4.88. The molecule has 1 amide bonds. The average molecular weight is 307 g/mol. The molecule has 1 aromatic carbocycles. The van der Waals surface area contributed by atoms with Crippen molar-refractivity contribution in [3.05, 3.63) is 47.1 Å². The Morgan fingerprint density at radius 1 is 1.33 bits per heavy atom. The fraction of sp³-hybridized carbons (Fsp3) is 0.312. The summed E-state index contributed by atoms with van der Waals surface area (Å²) in [5, 5.41) is 11.7. The Balaban J connectivity index is 2.06. The number of aliphatic hydroxyl groups is 1. The van der Waals surface area contributed by atoms with Crippen molar-refractivity contribution in [2.45, 2.75) is 25.8 Å². The summed E-state index contributed by atoms with van der Waals surface area (Å²) in [6.45, 7) is 2.02. The van der Waals surface area contributed by atoms with Gasteiger partial charge in [0.05, 0.1) is 4.88 Å². The van der Waals surface area contributed by atoms with Crippen molar-refractivity contribution in [1.82, 2.24) is 5.32 Å². The summed E-state index contributed by atoms with van der Waals surface area (Å²) in [4.78, 5) is 13.4. The van der Waals surface area contributed by atoms with Crippen molar-refractivity contribution in [3.63, 3.8) is 0 Å². The minimum absolute atomic E-state index is 0.00339. The second kappa shape index (κ2) is 7.33. The van der Waals surface area contributed by atoms with Gasteiger partial charge < -0.3 is 10.4 Å². The van der Waals surface area contributed by atoms with E-state index in [1.807, 2.05) is 6.92 Å². The fourth-order valence-electron chi connectivity index (χ4n) is 2.03. The molecule has 21 heavy (non-hydrogen) atoms. The minimum atomic E-state index is -0.289. The Bertz CT molecular complexity index is 612. The lowest BCUT2D eigenvalue weighted by Gasteiger charge is -2.12. The Hall–Kier alpha value is -1.72. The lowest BCUT2D eigenvalue weighted by atomic mass is 10.2. The first-order valence-electron chi connectivity index (χ1n) is 6.88. The van der Waals surface area contributed by atoms with Crippen LogP contribution >= 0.6 is 11.3 Å². The van der Waals surface area contributed by atoms with E-state index in [9.17, 15) is 9.18 Å². The molecule has 0 fully saturated rings. The lowest BCUT2D eigenvalue weighted by Crippen LogP contribution is -2.32. The zero-order valence-electron chi connectivity index (χ0n) is 11.8. The molecule has 1 unspecified atom stereocenters. The van der Waals surface area contributed by atoms with Crippen LogP contribution in [0.25, 0.3) is 10.4 Å². The molecule has 112 valence electrons. The molecule has 2 N–H and O–H groups in total. The van der Waals surface area contributed by atoms with Crippen molar-refractivity contribution in [1.29, 1.82) is 0 Å². The molecule has 1 aromatic heterocycles. The van der Waals surface area contributed by atoms with E-state index in [1.165, 1.54) is 17.4 Å². The van der Waals surface area contributed by atoms with E-state index < -0.39 is 0 Å².